The van der Waals surface area contributed by atoms with Gasteiger partial charge in [-0.25, -0.2) is 0 Å². The van der Waals surface area contributed by atoms with Gasteiger partial charge < -0.3 is 10.2 Å². The number of anilines is 2. The minimum atomic E-state index is -1.34. The first-order valence-electron chi connectivity index (χ1n) is 8.22. The van der Waals surface area contributed by atoms with Crippen LogP contribution in [-0.4, -0.2) is 35.3 Å². The number of rotatable bonds is 2. The highest BCUT2D eigenvalue weighted by Gasteiger charge is 2.59. The number of benzene rings is 2. The molecule has 1 N–H and O–H groups in total. The van der Waals surface area contributed by atoms with Crippen LogP contribution in [0.5, 0.6) is 0 Å². The Kier molecular flexibility index (Phi) is 3.98. The molecule has 7 heteroatoms. The number of carbonyl (C=O) groups excluding carboxylic acids is 3. The van der Waals surface area contributed by atoms with Crippen LogP contribution in [0.4, 0.5) is 11.4 Å². The molecule has 0 aromatic heterocycles. The zero-order valence-electron chi connectivity index (χ0n) is 14.0. The third kappa shape index (κ3) is 2.33. The van der Waals surface area contributed by atoms with Gasteiger partial charge in [0.15, 0.2) is 0 Å². The number of para-hydroxylation sites is 1. The number of hydrogen-bond acceptors (Lipinski definition) is 3. The molecule has 1 fully saturated rings. The van der Waals surface area contributed by atoms with Crippen molar-refractivity contribution in [1.82, 2.24) is 4.90 Å². The van der Waals surface area contributed by atoms with Gasteiger partial charge in [-0.2, -0.15) is 0 Å². The summed E-state index contributed by atoms with van der Waals surface area (Å²) in [6, 6.07) is 14.3. The molecule has 0 bridgehead atoms. The number of halogens is 1. The van der Waals surface area contributed by atoms with E-state index in [1.54, 1.807) is 37.4 Å². The van der Waals surface area contributed by atoms with E-state index in [9.17, 15) is 14.4 Å². The molecule has 0 aliphatic carbocycles. The van der Waals surface area contributed by atoms with E-state index in [2.05, 4.69) is 27.9 Å². The third-order valence-electron chi connectivity index (χ3n) is 4.99. The van der Waals surface area contributed by atoms with Crippen molar-refractivity contribution in [3.8, 4) is 0 Å². The predicted molar refractivity (Wildman–Crippen MR) is 106 cm³/mol. The van der Waals surface area contributed by atoms with E-state index in [-0.39, 0.29) is 30.6 Å². The van der Waals surface area contributed by atoms with Crippen LogP contribution in [0.15, 0.2) is 48.5 Å². The Balaban J connectivity index is 1.81. The summed E-state index contributed by atoms with van der Waals surface area (Å²) in [6.07, 6.45) is 0.476. The van der Waals surface area contributed by atoms with Crippen molar-refractivity contribution in [1.29, 1.82) is 0 Å². The second-order valence-electron chi connectivity index (χ2n) is 6.39. The highest BCUT2D eigenvalue weighted by molar-refractivity contribution is 14.1. The summed E-state index contributed by atoms with van der Waals surface area (Å²) in [5.41, 5.74) is 0.221. The van der Waals surface area contributed by atoms with Gasteiger partial charge in [0, 0.05) is 29.1 Å². The van der Waals surface area contributed by atoms with Crippen LogP contribution in [0.25, 0.3) is 0 Å². The Bertz CT molecular complexity index is 945. The first kappa shape index (κ1) is 17.0. The van der Waals surface area contributed by atoms with Gasteiger partial charge in [0.2, 0.25) is 11.6 Å². The Labute approximate surface area is 164 Å². The van der Waals surface area contributed by atoms with Gasteiger partial charge in [-0.05, 0) is 52.9 Å². The summed E-state index contributed by atoms with van der Waals surface area (Å²) in [7, 11) is 1.58. The summed E-state index contributed by atoms with van der Waals surface area (Å²) in [4.78, 5) is 41.7. The van der Waals surface area contributed by atoms with Crippen LogP contribution in [0.1, 0.15) is 23.2 Å². The first-order chi connectivity index (χ1) is 12.4. The molecular weight excluding hydrogens is 445 g/mol. The Morgan fingerprint density at radius 3 is 2.69 bits per heavy atom. The fourth-order valence-corrected chi connectivity index (χ4v) is 4.27. The number of likely N-dealkylation sites (N-methyl/N-ethyl adjacent to an activating group) is 1. The monoisotopic (exact) mass is 461 g/mol. The van der Waals surface area contributed by atoms with Crippen molar-refractivity contribution in [2.45, 2.75) is 18.5 Å². The molecule has 0 saturated carbocycles. The molecule has 1 atom stereocenters. The summed E-state index contributed by atoms with van der Waals surface area (Å²) in [5, 5.41) is 2.89. The highest BCUT2D eigenvalue weighted by atomic mass is 127. The highest BCUT2D eigenvalue weighted by Crippen LogP contribution is 2.44. The van der Waals surface area contributed by atoms with Gasteiger partial charge in [-0.1, -0.05) is 18.2 Å². The molecule has 0 radical (unpaired) electrons. The lowest BCUT2D eigenvalue weighted by Gasteiger charge is -2.47. The molecule has 2 aromatic carbocycles. The SMILES string of the molecule is CN1C(=O)c2ccccc2N2C(=O)CC[C@@]12C(=O)Nc1cccc(I)c1. The van der Waals surface area contributed by atoms with Crippen molar-refractivity contribution in [2.75, 3.05) is 17.3 Å². The van der Waals surface area contributed by atoms with E-state index >= 15 is 0 Å². The molecule has 6 nitrogen and oxygen atoms in total. The average Bonchev–Trinajstić information content (AvgIpc) is 2.98. The zero-order chi connectivity index (χ0) is 18.5. The second-order valence-corrected chi connectivity index (χ2v) is 7.64. The summed E-state index contributed by atoms with van der Waals surface area (Å²) in [6.45, 7) is 0. The van der Waals surface area contributed by atoms with Crippen molar-refractivity contribution >= 4 is 51.7 Å². The van der Waals surface area contributed by atoms with Crippen LogP contribution in [-0.2, 0) is 9.59 Å². The molecular formula is C19H16IN3O3. The van der Waals surface area contributed by atoms with Gasteiger partial charge in [-0.3, -0.25) is 19.3 Å². The van der Waals surface area contributed by atoms with Crippen molar-refractivity contribution in [3.63, 3.8) is 0 Å². The van der Waals surface area contributed by atoms with Gasteiger partial charge >= 0.3 is 0 Å². The maximum Gasteiger partial charge on any atom is 0.271 e. The molecule has 1 saturated heterocycles. The van der Waals surface area contributed by atoms with E-state index in [0.29, 0.717) is 16.9 Å². The molecule has 0 spiro atoms. The van der Waals surface area contributed by atoms with Crippen LogP contribution < -0.4 is 10.2 Å². The van der Waals surface area contributed by atoms with Crippen LogP contribution in [0.3, 0.4) is 0 Å². The quantitative estimate of drug-likeness (QED) is 0.700. The number of amides is 3. The second kappa shape index (κ2) is 6.08. The fourth-order valence-electron chi connectivity index (χ4n) is 3.73. The van der Waals surface area contributed by atoms with E-state index in [4.69, 9.17) is 0 Å². The topological polar surface area (TPSA) is 69.7 Å². The maximum absolute atomic E-state index is 13.3. The molecule has 26 heavy (non-hydrogen) atoms. The van der Waals surface area contributed by atoms with Crippen LogP contribution >= 0.6 is 22.6 Å². The smallest absolute Gasteiger partial charge is 0.271 e. The Morgan fingerprint density at radius 2 is 1.92 bits per heavy atom. The lowest BCUT2D eigenvalue weighted by atomic mass is 9.96. The van der Waals surface area contributed by atoms with Gasteiger partial charge in [0.05, 0.1) is 11.3 Å². The Morgan fingerprint density at radius 1 is 1.15 bits per heavy atom. The average molecular weight is 461 g/mol. The van der Waals surface area contributed by atoms with Crippen molar-refractivity contribution in [2.24, 2.45) is 0 Å². The van der Waals surface area contributed by atoms with E-state index in [1.807, 2.05) is 18.2 Å². The largest absolute Gasteiger partial charge is 0.322 e. The van der Waals surface area contributed by atoms with Gasteiger partial charge in [0.1, 0.15) is 0 Å². The van der Waals surface area contributed by atoms with Crippen molar-refractivity contribution in [3.05, 3.63) is 57.7 Å². The third-order valence-corrected chi connectivity index (χ3v) is 5.66. The number of hydrogen-bond donors (Lipinski definition) is 1. The van der Waals surface area contributed by atoms with Gasteiger partial charge in [-0.15, -0.1) is 0 Å². The molecule has 2 heterocycles. The van der Waals surface area contributed by atoms with E-state index in [1.165, 1.54) is 9.80 Å². The van der Waals surface area contributed by atoms with E-state index < -0.39 is 5.66 Å². The van der Waals surface area contributed by atoms with Crippen LogP contribution in [0.2, 0.25) is 0 Å². The number of nitrogens with one attached hydrogen (secondary N) is 1. The zero-order valence-corrected chi connectivity index (χ0v) is 16.2. The summed E-state index contributed by atoms with van der Waals surface area (Å²) >= 11 is 2.17. The molecule has 132 valence electrons. The lowest BCUT2D eigenvalue weighted by molar-refractivity contribution is -0.128. The predicted octanol–water partition coefficient (Wildman–Crippen LogP) is 2.84. The summed E-state index contributed by atoms with van der Waals surface area (Å²) < 4.78 is 0.982. The molecule has 3 amide bonds. The minimum Gasteiger partial charge on any atom is -0.322 e. The Hall–Kier alpha value is -2.42. The number of carbonyl (C=O) groups is 3. The maximum atomic E-state index is 13.3. The summed E-state index contributed by atoms with van der Waals surface area (Å²) in [5.74, 6) is -0.797. The molecule has 2 aliphatic rings. The molecule has 4 rings (SSSR count). The number of fused-ring (bicyclic) bond motifs is 3. The van der Waals surface area contributed by atoms with E-state index in [0.717, 1.165) is 3.57 Å². The standard InChI is InChI=1S/C19H16IN3O3/c1-22-17(25)14-7-2-3-8-15(14)23-16(24)9-10-19(22,23)18(26)21-13-6-4-5-12(20)11-13/h2-8,11H,9-10H2,1H3,(H,21,26)/t19-/m1/s1. The van der Waals surface area contributed by atoms with Crippen molar-refractivity contribution < 1.29 is 14.4 Å². The van der Waals surface area contributed by atoms with Crippen LogP contribution in [0, 0.1) is 3.57 Å². The molecule has 2 aliphatic heterocycles. The normalized spacial score (nSPS) is 21.5. The molecule has 0 unspecified atom stereocenters. The van der Waals surface area contributed by atoms with Gasteiger partial charge in [0.25, 0.3) is 11.8 Å². The first-order valence-corrected chi connectivity index (χ1v) is 9.30. The lowest BCUT2D eigenvalue weighted by Crippen LogP contribution is -2.68. The fraction of sp³-hybridized carbons (Fsp3) is 0.211. The molecule has 2 aromatic rings. The minimum absolute atomic E-state index is 0.158. The number of nitrogens with zero attached hydrogens (tertiary/aromatic N) is 2.